The van der Waals surface area contributed by atoms with Crippen molar-refractivity contribution in [2.45, 2.75) is 24.2 Å². The zero-order valence-corrected chi connectivity index (χ0v) is 16.9. The van der Waals surface area contributed by atoms with Crippen molar-refractivity contribution in [3.63, 3.8) is 0 Å². The van der Waals surface area contributed by atoms with Crippen molar-refractivity contribution in [3.8, 4) is 5.75 Å². The van der Waals surface area contributed by atoms with E-state index in [0.29, 0.717) is 18.9 Å². The molecule has 0 spiro atoms. The van der Waals surface area contributed by atoms with Crippen LogP contribution >= 0.6 is 11.6 Å². The molecule has 0 aromatic heterocycles. The largest absolute Gasteiger partial charge is 0.494 e. The van der Waals surface area contributed by atoms with Crippen LogP contribution in [0.1, 0.15) is 29.8 Å². The van der Waals surface area contributed by atoms with Crippen molar-refractivity contribution < 1.29 is 17.9 Å². The Labute approximate surface area is 163 Å². The van der Waals surface area contributed by atoms with E-state index < -0.39 is 15.4 Å². The summed E-state index contributed by atoms with van der Waals surface area (Å²) in [7, 11) is -2.12. The second-order valence-corrected chi connectivity index (χ2v) is 8.76. The number of likely N-dealkylation sites (N-methyl/N-ethyl adjacent to an activating group) is 1. The summed E-state index contributed by atoms with van der Waals surface area (Å²) in [6.07, 6.45) is 0. The molecular formula is C19H21ClN2O4S. The molecule has 1 aliphatic heterocycles. The minimum atomic E-state index is -4.03. The van der Waals surface area contributed by atoms with Crippen molar-refractivity contribution in [1.29, 1.82) is 0 Å². The third kappa shape index (κ3) is 3.42. The van der Waals surface area contributed by atoms with Crippen LogP contribution in [0.4, 0.5) is 5.69 Å². The molecule has 0 radical (unpaired) electrons. The highest BCUT2D eigenvalue weighted by Gasteiger charge is 2.44. The third-order valence-electron chi connectivity index (χ3n) is 4.84. The fourth-order valence-corrected chi connectivity index (χ4v) is 4.64. The zero-order chi connectivity index (χ0) is 20.0. The Morgan fingerprint density at radius 1 is 1.30 bits per heavy atom. The number of Topliss-reactive ketones (excluding diaryl/α,β-unsaturated/α-hetero) is 1. The lowest BCUT2D eigenvalue weighted by Crippen LogP contribution is -2.37. The van der Waals surface area contributed by atoms with E-state index in [1.807, 2.05) is 44.0 Å². The SMILES string of the molecule is CCOc1ccc2c(c1)C(C)(C(=O)c1ccc(Cl)c(S(N)(=O)=O)c1)CN2C. The summed E-state index contributed by atoms with van der Waals surface area (Å²) in [5, 5.41) is 5.20. The quantitative estimate of drug-likeness (QED) is 0.768. The van der Waals surface area contributed by atoms with Crippen LogP contribution in [0.3, 0.4) is 0 Å². The Morgan fingerprint density at radius 2 is 2.00 bits per heavy atom. The van der Waals surface area contributed by atoms with E-state index in [1.54, 1.807) is 0 Å². The average Bonchev–Trinajstić information content (AvgIpc) is 2.85. The van der Waals surface area contributed by atoms with Crippen LogP contribution in [0.15, 0.2) is 41.3 Å². The first-order valence-electron chi connectivity index (χ1n) is 8.43. The van der Waals surface area contributed by atoms with Gasteiger partial charge in [-0.2, -0.15) is 0 Å². The standard InChI is InChI=1S/C19H21ClN2O4S/c1-4-26-13-6-8-16-14(10-13)19(2,11-22(16)3)18(23)12-5-7-15(20)17(9-12)27(21,24)25/h5-10H,4,11H2,1-3H3,(H2,21,24,25). The number of carbonyl (C=O) groups excluding carboxylic acids is 1. The second kappa shape index (κ2) is 6.82. The summed E-state index contributed by atoms with van der Waals surface area (Å²) in [6.45, 7) is 4.73. The van der Waals surface area contributed by atoms with E-state index in [2.05, 4.69) is 0 Å². The summed E-state index contributed by atoms with van der Waals surface area (Å²) >= 11 is 5.94. The molecule has 0 fully saturated rings. The van der Waals surface area contributed by atoms with Gasteiger partial charge in [0.1, 0.15) is 10.6 Å². The van der Waals surface area contributed by atoms with E-state index in [0.717, 1.165) is 11.3 Å². The highest BCUT2D eigenvalue weighted by Crippen LogP contribution is 2.44. The van der Waals surface area contributed by atoms with Gasteiger partial charge in [0.15, 0.2) is 5.78 Å². The van der Waals surface area contributed by atoms with Crippen molar-refractivity contribution in [3.05, 3.63) is 52.5 Å². The van der Waals surface area contributed by atoms with Gasteiger partial charge < -0.3 is 9.64 Å². The maximum absolute atomic E-state index is 13.4. The van der Waals surface area contributed by atoms with Crippen LogP contribution < -0.4 is 14.8 Å². The van der Waals surface area contributed by atoms with E-state index in [-0.39, 0.29) is 21.3 Å². The third-order valence-corrected chi connectivity index (χ3v) is 6.23. The number of anilines is 1. The normalized spacial score (nSPS) is 19.1. The van der Waals surface area contributed by atoms with Crippen molar-refractivity contribution >= 4 is 33.1 Å². The number of nitrogens with two attached hydrogens (primary N) is 1. The number of halogens is 1. The molecule has 0 saturated carbocycles. The number of hydrogen-bond acceptors (Lipinski definition) is 5. The topological polar surface area (TPSA) is 89.7 Å². The Hall–Kier alpha value is -2.09. The highest BCUT2D eigenvalue weighted by molar-refractivity contribution is 7.89. The molecule has 8 heteroatoms. The number of carbonyl (C=O) groups is 1. The molecule has 6 nitrogen and oxygen atoms in total. The average molecular weight is 409 g/mol. The highest BCUT2D eigenvalue weighted by atomic mass is 35.5. The molecule has 3 rings (SSSR count). The van der Waals surface area contributed by atoms with E-state index in [4.69, 9.17) is 21.5 Å². The summed E-state index contributed by atoms with van der Waals surface area (Å²) in [5.41, 5.74) is 1.16. The number of rotatable bonds is 5. The fraction of sp³-hybridized carbons (Fsp3) is 0.316. The summed E-state index contributed by atoms with van der Waals surface area (Å²) in [5.74, 6) is 0.482. The van der Waals surface area contributed by atoms with Gasteiger partial charge in [-0.1, -0.05) is 11.6 Å². The number of nitrogens with zero attached hydrogens (tertiary/aromatic N) is 1. The second-order valence-electron chi connectivity index (χ2n) is 6.82. The molecule has 0 amide bonds. The lowest BCUT2D eigenvalue weighted by Gasteiger charge is -2.24. The number of benzene rings is 2. The van der Waals surface area contributed by atoms with Crippen LogP contribution in [0.5, 0.6) is 5.75 Å². The van der Waals surface area contributed by atoms with E-state index in [1.165, 1.54) is 18.2 Å². The predicted molar refractivity (Wildman–Crippen MR) is 105 cm³/mol. The molecular weight excluding hydrogens is 388 g/mol. The number of ether oxygens (including phenoxy) is 1. The summed E-state index contributed by atoms with van der Waals surface area (Å²) in [6, 6.07) is 9.82. The molecule has 27 heavy (non-hydrogen) atoms. The monoisotopic (exact) mass is 408 g/mol. The molecule has 1 aliphatic rings. The van der Waals surface area contributed by atoms with Crippen molar-refractivity contribution in [2.24, 2.45) is 5.14 Å². The number of primary sulfonamides is 1. The maximum atomic E-state index is 13.4. The smallest absolute Gasteiger partial charge is 0.239 e. The molecule has 0 saturated heterocycles. The lowest BCUT2D eigenvalue weighted by atomic mass is 9.77. The first-order chi connectivity index (χ1) is 12.6. The van der Waals surface area contributed by atoms with Crippen LogP contribution in [0.2, 0.25) is 5.02 Å². The van der Waals surface area contributed by atoms with Crippen LogP contribution in [-0.2, 0) is 15.4 Å². The molecule has 2 aromatic carbocycles. The zero-order valence-electron chi connectivity index (χ0n) is 15.3. The maximum Gasteiger partial charge on any atom is 0.239 e. The Morgan fingerprint density at radius 3 is 2.63 bits per heavy atom. The van der Waals surface area contributed by atoms with Crippen LogP contribution in [-0.4, -0.2) is 34.4 Å². The molecule has 1 heterocycles. The molecule has 1 atom stereocenters. The van der Waals surface area contributed by atoms with Gasteiger partial charge in [-0.05, 0) is 55.8 Å². The number of ketones is 1. The van der Waals surface area contributed by atoms with Crippen molar-refractivity contribution in [2.75, 3.05) is 25.1 Å². The van der Waals surface area contributed by atoms with Gasteiger partial charge in [-0.25, -0.2) is 13.6 Å². The summed E-state index contributed by atoms with van der Waals surface area (Å²) < 4.78 is 29.1. The molecule has 0 bridgehead atoms. The molecule has 2 N–H and O–H groups in total. The molecule has 1 unspecified atom stereocenters. The number of fused-ring (bicyclic) bond motifs is 1. The van der Waals surface area contributed by atoms with Crippen molar-refractivity contribution in [1.82, 2.24) is 0 Å². The Kier molecular flexibility index (Phi) is 4.96. The fourth-order valence-electron chi connectivity index (χ4n) is 3.57. The van der Waals surface area contributed by atoms with E-state index in [9.17, 15) is 13.2 Å². The number of hydrogen-bond donors (Lipinski definition) is 1. The predicted octanol–water partition coefficient (Wildman–Crippen LogP) is 2.98. The molecule has 144 valence electrons. The Bertz CT molecular complexity index is 1020. The minimum absolute atomic E-state index is 0.0122. The van der Waals surface area contributed by atoms with Gasteiger partial charge in [0, 0.05) is 24.8 Å². The van der Waals surface area contributed by atoms with Gasteiger partial charge in [0.25, 0.3) is 0 Å². The van der Waals surface area contributed by atoms with Gasteiger partial charge in [0.05, 0.1) is 17.0 Å². The molecule has 0 aliphatic carbocycles. The Balaban J connectivity index is 2.10. The lowest BCUT2D eigenvalue weighted by molar-refractivity contribution is 0.0906. The van der Waals surface area contributed by atoms with Gasteiger partial charge in [0.2, 0.25) is 10.0 Å². The first-order valence-corrected chi connectivity index (χ1v) is 10.4. The van der Waals surface area contributed by atoms with Gasteiger partial charge in [-0.3, -0.25) is 4.79 Å². The summed E-state index contributed by atoms with van der Waals surface area (Å²) in [4.78, 5) is 15.1. The van der Waals surface area contributed by atoms with Gasteiger partial charge >= 0.3 is 0 Å². The van der Waals surface area contributed by atoms with Crippen LogP contribution in [0.25, 0.3) is 0 Å². The molecule has 2 aromatic rings. The van der Waals surface area contributed by atoms with Gasteiger partial charge in [-0.15, -0.1) is 0 Å². The minimum Gasteiger partial charge on any atom is -0.494 e. The van der Waals surface area contributed by atoms with E-state index >= 15 is 0 Å². The number of sulfonamides is 1. The first kappa shape index (κ1) is 19.7. The van der Waals surface area contributed by atoms with Crippen LogP contribution in [0, 0.1) is 0 Å².